The first-order chi connectivity index (χ1) is 10.8. The molecule has 0 aromatic heterocycles. The molecule has 0 atom stereocenters. The van der Waals surface area contributed by atoms with Crippen molar-refractivity contribution < 1.29 is 9.47 Å². The van der Waals surface area contributed by atoms with Crippen LogP contribution in [0.4, 0.5) is 0 Å². The van der Waals surface area contributed by atoms with Crippen LogP contribution in [0.25, 0.3) is 0 Å². The maximum absolute atomic E-state index is 5.70. The van der Waals surface area contributed by atoms with Gasteiger partial charge < -0.3 is 20.1 Å². The zero-order chi connectivity index (χ0) is 16.0. The van der Waals surface area contributed by atoms with Gasteiger partial charge in [0.05, 0.1) is 13.2 Å². The van der Waals surface area contributed by atoms with E-state index in [0.717, 1.165) is 50.8 Å². The van der Waals surface area contributed by atoms with Gasteiger partial charge in [0.15, 0.2) is 5.96 Å². The topological polar surface area (TPSA) is 54.9 Å². The van der Waals surface area contributed by atoms with E-state index in [2.05, 4.69) is 41.6 Å². The van der Waals surface area contributed by atoms with Gasteiger partial charge in [0.25, 0.3) is 0 Å². The Kier molecular flexibility index (Phi) is 9.87. The maximum Gasteiger partial charge on any atom is 0.191 e. The van der Waals surface area contributed by atoms with Crippen LogP contribution in [0.1, 0.15) is 25.3 Å². The van der Waals surface area contributed by atoms with Crippen LogP contribution in [0.15, 0.2) is 29.3 Å². The molecule has 0 fully saturated rings. The van der Waals surface area contributed by atoms with E-state index in [1.807, 2.05) is 12.1 Å². The van der Waals surface area contributed by atoms with Crippen LogP contribution in [-0.2, 0) is 4.74 Å². The van der Waals surface area contributed by atoms with Crippen LogP contribution in [0, 0.1) is 6.92 Å². The second-order valence-corrected chi connectivity index (χ2v) is 5.05. The molecule has 0 amide bonds. The first kappa shape index (κ1) is 18.3. The van der Waals surface area contributed by atoms with E-state index < -0.39 is 0 Å². The first-order valence-electron chi connectivity index (χ1n) is 7.97. The van der Waals surface area contributed by atoms with Crippen molar-refractivity contribution in [3.63, 3.8) is 0 Å². The minimum Gasteiger partial charge on any atom is -0.494 e. The van der Waals surface area contributed by atoms with Crippen molar-refractivity contribution in [3.8, 4) is 5.75 Å². The molecule has 0 heterocycles. The van der Waals surface area contributed by atoms with Gasteiger partial charge in [-0.15, -0.1) is 0 Å². The lowest BCUT2D eigenvalue weighted by Gasteiger charge is -2.10. The van der Waals surface area contributed by atoms with Crippen molar-refractivity contribution in [1.29, 1.82) is 0 Å². The summed E-state index contributed by atoms with van der Waals surface area (Å²) in [7, 11) is 1.69. The fraction of sp³-hybridized carbons (Fsp3) is 0.588. The predicted octanol–water partition coefficient (Wildman–Crippen LogP) is 2.36. The Bertz CT molecular complexity index is 418. The van der Waals surface area contributed by atoms with Crippen LogP contribution in [0.5, 0.6) is 5.75 Å². The number of ether oxygens (including phenoxy) is 2. The molecular formula is C17H29N3O2. The zero-order valence-corrected chi connectivity index (χ0v) is 14.0. The zero-order valence-electron chi connectivity index (χ0n) is 14.0. The van der Waals surface area contributed by atoms with E-state index in [1.165, 1.54) is 5.56 Å². The summed E-state index contributed by atoms with van der Waals surface area (Å²) in [5, 5.41) is 6.44. The number of unbranched alkanes of at least 4 members (excludes halogenated alkanes) is 1. The van der Waals surface area contributed by atoms with E-state index in [-0.39, 0.29) is 0 Å². The fourth-order valence-electron chi connectivity index (χ4n) is 1.84. The lowest BCUT2D eigenvalue weighted by atomic mass is 10.2. The summed E-state index contributed by atoms with van der Waals surface area (Å²) in [6, 6.07) is 8.15. The average molecular weight is 307 g/mol. The Hall–Kier alpha value is -1.75. The second kappa shape index (κ2) is 11.9. The van der Waals surface area contributed by atoms with Gasteiger partial charge in [-0.3, -0.25) is 4.99 Å². The molecule has 5 nitrogen and oxygen atoms in total. The van der Waals surface area contributed by atoms with Crippen LogP contribution in [-0.4, -0.2) is 45.9 Å². The number of aliphatic imine (C=N–C) groups is 1. The number of hydrogen-bond acceptors (Lipinski definition) is 3. The molecule has 0 unspecified atom stereocenters. The summed E-state index contributed by atoms with van der Waals surface area (Å²) in [6.45, 7) is 7.95. The highest BCUT2D eigenvalue weighted by molar-refractivity contribution is 5.79. The molecule has 0 saturated heterocycles. The molecule has 22 heavy (non-hydrogen) atoms. The third-order valence-corrected chi connectivity index (χ3v) is 3.05. The number of hydrogen-bond donors (Lipinski definition) is 2. The highest BCUT2D eigenvalue weighted by atomic mass is 16.5. The average Bonchev–Trinajstić information content (AvgIpc) is 2.52. The van der Waals surface area contributed by atoms with Gasteiger partial charge in [0, 0.05) is 26.7 Å². The molecule has 124 valence electrons. The van der Waals surface area contributed by atoms with Crippen LogP contribution >= 0.6 is 0 Å². The highest BCUT2D eigenvalue weighted by Crippen LogP contribution is 2.11. The Balaban J connectivity index is 2.15. The fourth-order valence-corrected chi connectivity index (χ4v) is 1.84. The van der Waals surface area contributed by atoms with Gasteiger partial charge in [-0.05, 0) is 38.8 Å². The van der Waals surface area contributed by atoms with Crippen LogP contribution in [0.3, 0.4) is 0 Å². The summed E-state index contributed by atoms with van der Waals surface area (Å²) in [6.07, 6.45) is 2.00. The minimum atomic E-state index is 0.675. The maximum atomic E-state index is 5.70. The molecule has 0 aliphatic heterocycles. The molecule has 0 spiro atoms. The van der Waals surface area contributed by atoms with Crippen molar-refractivity contribution in [2.75, 3.05) is 40.0 Å². The molecular weight excluding hydrogens is 278 g/mol. The SMILES string of the molecule is CCNC(=NCCCCOc1ccc(C)cc1)NCCOC. The molecule has 0 aliphatic carbocycles. The number of nitrogens with one attached hydrogen (secondary N) is 2. The molecule has 1 aromatic carbocycles. The number of aryl methyl sites for hydroxylation is 1. The Morgan fingerprint density at radius 1 is 1.09 bits per heavy atom. The summed E-state index contributed by atoms with van der Waals surface area (Å²) < 4.78 is 10.7. The van der Waals surface area contributed by atoms with E-state index in [0.29, 0.717) is 6.61 Å². The van der Waals surface area contributed by atoms with Crippen molar-refractivity contribution in [2.45, 2.75) is 26.7 Å². The van der Waals surface area contributed by atoms with Gasteiger partial charge in [0.2, 0.25) is 0 Å². The lowest BCUT2D eigenvalue weighted by molar-refractivity contribution is 0.203. The van der Waals surface area contributed by atoms with Crippen molar-refractivity contribution in [3.05, 3.63) is 29.8 Å². The van der Waals surface area contributed by atoms with Crippen molar-refractivity contribution in [2.24, 2.45) is 4.99 Å². The van der Waals surface area contributed by atoms with Gasteiger partial charge in [-0.25, -0.2) is 0 Å². The molecule has 0 radical (unpaired) electrons. The quantitative estimate of drug-likeness (QED) is 0.396. The number of nitrogens with zero attached hydrogens (tertiary/aromatic N) is 1. The van der Waals surface area contributed by atoms with E-state index >= 15 is 0 Å². The second-order valence-electron chi connectivity index (χ2n) is 5.05. The number of benzene rings is 1. The molecule has 0 aliphatic rings. The standard InChI is InChI=1S/C17H29N3O2/c1-4-18-17(20-12-14-21-3)19-11-5-6-13-22-16-9-7-15(2)8-10-16/h7-10H,4-6,11-14H2,1-3H3,(H2,18,19,20). The summed E-state index contributed by atoms with van der Waals surface area (Å²) in [4.78, 5) is 4.52. The normalized spacial score (nSPS) is 11.3. The molecule has 0 saturated carbocycles. The van der Waals surface area contributed by atoms with Gasteiger partial charge >= 0.3 is 0 Å². The highest BCUT2D eigenvalue weighted by Gasteiger charge is 1.97. The number of guanidine groups is 1. The van der Waals surface area contributed by atoms with Crippen molar-refractivity contribution >= 4 is 5.96 Å². The number of rotatable bonds is 10. The third kappa shape index (κ3) is 8.52. The monoisotopic (exact) mass is 307 g/mol. The largest absolute Gasteiger partial charge is 0.494 e. The Labute approximate surface area is 134 Å². The van der Waals surface area contributed by atoms with Crippen LogP contribution in [0.2, 0.25) is 0 Å². The lowest BCUT2D eigenvalue weighted by Crippen LogP contribution is -2.39. The first-order valence-corrected chi connectivity index (χ1v) is 7.97. The molecule has 0 bridgehead atoms. The van der Waals surface area contributed by atoms with Gasteiger partial charge in [-0.2, -0.15) is 0 Å². The van der Waals surface area contributed by atoms with Crippen molar-refractivity contribution in [1.82, 2.24) is 10.6 Å². The summed E-state index contributed by atoms with van der Waals surface area (Å²) >= 11 is 0. The predicted molar refractivity (Wildman–Crippen MR) is 91.8 cm³/mol. The molecule has 1 aromatic rings. The van der Waals surface area contributed by atoms with E-state index in [4.69, 9.17) is 9.47 Å². The molecule has 5 heteroatoms. The molecule has 1 rings (SSSR count). The van der Waals surface area contributed by atoms with E-state index in [1.54, 1.807) is 7.11 Å². The Morgan fingerprint density at radius 2 is 1.86 bits per heavy atom. The number of methoxy groups -OCH3 is 1. The van der Waals surface area contributed by atoms with Crippen LogP contribution < -0.4 is 15.4 Å². The van der Waals surface area contributed by atoms with Gasteiger partial charge in [0.1, 0.15) is 5.75 Å². The van der Waals surface area contributed by atoms with E-state index in [9.17, 15) is 0 Å². The summed E-state index contributed by atoms with van der Waals surface area (Å²) in [5.41, 5.74) is 1.25. The minimum absolute atomic E-state index is 0.675. The smallest absolute Gasteiger partial charge is 0.191 e. The van der Waals surface area contributed by atoms with Gasteiger partial charge in [-0.1, -0.05) is 17.7 Å². The molecule has 2 N–H and O–H groups in total. The third-order valence-electron chi connectivity index (χ3n) is 3.05. The Morgan fingerprint density at radius 3 is 2.55 bits per heavy atom. The summed E-state index contributed by atoms with van der Waals surface area (Å²) in [5.74, 6) is 1.78.